The predicted octanol–water partition coefficient (Wildman–Crippen LogP) is 3.16. The van der Waals surface area contributed by atoms with E-state index < -0.39 is 0 Å². The number of nitrogens with one attached hydrogen (secondary N) is 1. The number of H-pyrrole nitrogens is 1. The molecule has 2 aromatic rings. The summed E-state index contributed by atoms with van der Waals surface area (Å²) in [5.74, 6) is 0.893. The van der Waals surface area contributed by atoms with Crippen LogP contribution in [0.4, 0.5) is 0 Å². The van der Waals surface area contributed by atoms with Crippen LogP contribution in [0.2, 0.25) is 0 Å². The Morgan fingerprint density at radius 3 is 2.71 bits per heavy atom. The molecule has 0 aliphatic carbocycles. The van der Waals surface area contributed by atoms with Crippen molar-refractivity contribution in [3.63, 3.8) is 0 Å². The van der Waals surface area contributed by atoms with Gasteiger partial charge < -0.3 is 14.5 Å². The third-order valence-corrected chi connectivity index (χ3v) is 4.26. The highest BCUT2D eigenvalue weighted by Gasteiger charge is 2.19. The molecule has 0 atom stereocenters. The molecule has 1 saturated heterocycles. The SMILES string of the molecule is C=CCOc1ccc(CN2CCC(OCc3cnc[nH]3)CC2)cc1. The third kappa shape index (κ3) is 4.94. The van der Waals surface area contributed by atoms with E-state index in [2.05, 4.69) is 33.6 Å². The number of hydrogen-bond acceptors (Lipinski definition) is 4. The van der Waals surface area contributed by atoms with Gasteiger partial charge in [-0.25, -0.2) is 4.98 Å². The fourth-order valence-corrected chi connectivity index (χ4v) is 2.91. The molecule has 1 aliphatic heterocycles. The summed E-state index contributed by atoms with van der Waals surface area (Å²) in [5.41, 5.74) is 2.36. The Bertz CT molecular complexity index is 602. The number of aromatic amines is 1. The molecule has 0 unspecified atom stereocenters. The van der Waals surface area contributed by atoms with Crippen LogP contribution in [0.15, 0.2) is 49.4 Å². The maximum atomic E-state index is 5.96. The minimum atomic E-state index is 0.347. The standard InChI is InChI=1S/C19H25N3O2/c1-2-11-23-18-5-3-16(4-6-18)13-22-9-7-19(8-10-22)24-14-17-12-20-15-21-17/h2-6,12,15,19H,1,7-11,13-14H2,(H,20,21). The van der Waals surface area contributed by atoms with Crippen molar-refractivity contribution in [2.75, 3.05) is 19.7 Å². The van der Waals surface area contributed by atoms with Crippen molar-refractivity contribution in [1.29, 1.82) is 0 Å². The van der Waals surface area contributed by atoms with Crippen LogP contribution in [0.25, 0.3) is 0 Å². The summed E-state index contributed by atoms with van der Waals surface area (Å²) in [6.07, 6.45) is 7.77. The third-order valence-electron chi connectivity index (χ3n) is 4.26. The number of nitrogens with zero attached hydrogens (tertiary/aromatic N) is 2. The quantitative estimate of drug-likeness (QED) is 0.757. The molecule has 0 bridgehead atoms. The molecule has 0 saturated carbocycles. The Kier molecular flexibility index (Phi) is 6.04. The first-order valence-electron chi connectivity index (χ1n) is 8.47. The van der Waals surface area contributed by atoms with Crippen molar-refractivity contribution in [2.24, 2.45) is 0 Å². The lowest BCUT2D eigenvalue weighted by molar-refractivity contribution is -0.00511. The minimum Gasteiger partial charge on any atom is -0.490 e. The molecule has 1 aromatic heterocycles. The molecule has 5 nitrogen and oxygen atoms in total. The van der Waals surface area contributed by atoms with Crippen LogP contribution >= 0.6 is 0 Å². The fraction of sp³-hybridized carbons (Fsp3) is 0.421. The summed E-state index contributed by atoms with van der Waals surface area (Å²) >= 11 is 0. The molecule has 128 valence electrons. The molecule has 5 heteroatoms. The second-order valence-electron chi connectivity index (χ2n) is 6.11. The van der Waals surface area contributed by atoms with Gasteiger partial charge in [0.2, 0.25) is 0 Å². The van der Waals surface area contributed by atoms with Crippen LogP contribution in [0.1, 0.15) is 24.1 Å². The van der Waals surface area contributed by atoms with Gasteiger partial charge in [0, 0.05) is 19.6 Å². The maximum absolute atomic E-state index is 5.96. The summed E-state index contributed by atoms with van der Waals surface area (Å²) in [6, 6.07) is 8.33. The lowest BCUT2D eigenvalue weighted by Gasteiger charge is -2.31. The number of aromatic nitrogens is 2. The molecular formula is C19H25N3O2. The van der Waals surface area contributed by atoms with Gasteiger partial charge >= 0.3 is 0 Å². The maximum Gasteiger partial charge on any atom is 0.119 e. The lowest BCUT2D eigenvalue weighted by atomic mass is 10.1. The van der Waals surface area contributed by atoms with E-state index in [1.165, 1.54) is 5.56 Å². The van der Waals surface area contributed by atoms with Crippen LogP contribution < -0.4 is 4.74 Å². The predicted molar refractivity (Wildman–Crippen MR) is 93.8 cm³/mol. The molecule has 1 aliphatic rings. The molecule has 1 aromatic carbocycles. The van der Waals surface area contributed by atoms with Gasteiger partial charge in [0.15, 0.2) is 0 Å². The average molecular weight is 327 g/mol. The van der Waals surface area contributed by atoms with E-state index in [1.807, 2.05) is 18.3 Å². The highest BCUT2D eigenvalue weighted by Crippen LogP contribution is 2.19. The highest BCUT2D eigenvalue weighted by molar-refractivity contribution is 5.27. The summed E-state index contributed by atoms with van der Waals surface area (Å²) in [7, 11) is 0. The molecule has 3 rings (SSSR count). The first-order chi connectivity index (χ1) is 11.8. The zero-order chi connectivity index (χ0) is 16.6. The second kappa shape index (κ2) is 8.66. The van der Waals surface area contributed by atoms with Gasteiger partial charge in [-0.15, -0.1) is 0 Å². The number of hydrogen-bond donors (Lipinski definition) is 1. The molecule has 1 fully saturated rings. The summed E-state index contributed by atoms with van der Waals surface area (Å²) in [4.78, 5) is 9.56. The zero-order valence-electron chi connectivity index (χ0n) is 14.0. The number of rotatable bonds is 8. The first-order valence-corrected chi connectivity index (χ1v) is 8.47. The van der Waals surface area contributed by atoms with Crippen LogP contribution in [0.3, 0.4) is 0 Å². The second-order valence-corrected chi connectivity index (χ2v) is 6.11. The smallest absolute Gasteiger partial charge is 0.119 e. The Morgan fingerprint density at radius 1 is 1.25 bits per heavy atom. The number of benzene rings is 1. The van der Waals surface area contributed by atoms with Crippen LogP contribution in [0, 0.1) is 0 Å². The number of piperidine rings is 1. The Labute approximate surface area is 143 Å². The van der Waals surface area contributed by atoms with Crippen LogP contribution in [-0.2, 0) is 17.9 Å². The summed E-state index contributed by atoms with van der Waals surface area (Å²) < 4.78 is 11.5. The van der Waals surface area contributed by atoms with Crippen molar-refractivity contribution >= 4 is 0 Å². The molecule has 0 radical (unpaired) electrons. The summed E-state index contributed by atoms with van der Waals surface area (Å²) in [6.45, 7) is 7.95. The van der Waals surface area contributed by atoms with Crippen LogP contribution in [0.5, 0.6) is 5.75 Å². The molecule has 0 spiro atoms. The fourth-order valence-electron chi connectivity index (χ4n) is 2.91. The lowest BCUT2D eigenvalue weighted by Crippen LogP contribution is -2.36. The van der Waals surface area contributed by atoms with E-state index in [9.17, 15) is 0 Å². The first kappa shape index (κ1) is 16.7. The number of likely N-dealkylation sites (tertiary alicyclic amines) is 1. The normalized spacial score (nSPS) is 16.2. The average Bonchev–Trinajstić information content (AvgIpc) is 3.14. The van der Waals surface area contributed by atoms with Gasteiger partial charge in [-0.2, -0.15) is 0 Å². The number of imidazole rings is 1. The topological polar surface area (TPSA) is 50.4 Å². The van der Waals surface area contributed by atoms with Gasteiger partial charge in [0.05, 0.1) is 30.9 Å². The monoisotopic (exact) mass is 327 g/mol. The van der Waals surface area contributed by atoms with Gasteiger partial charge in [0.25, 0.3) is 0 Å². The van der Waals surface area contributed by atoms with Gasteiger partial charge in [-0.05, 0) is 30.5 Å². The summed E-state index contributed by atoms with van der Waals surface area (Å²) in [5, 5.41) is 0. The molecular weight excluding hydrogens is 302 g/mol. The van der Waals surface area contributed by atoms with Crippen molar-refractivity contribution in [2.45, 2.75) is 32.1 Å². The van der Waals surface area contributed by atoms with E-state index in [1.54, 1.807) is 12.4 Å². The van der Waals surface area contributed by atoms with E-state index >= 15 is 0 Å². The Morgan fingerprint density at radius 2 is 2.04 bits per heavy atom. The molecule has 24 heavy (non-hydrogen) atoms. The molecule has 2 heterocycles. The van der Waals surface area contributed by atoms with E-state index in [0.717, 1.165) is 43.9 Å². The zero-order valence-corrected chi connectivity index (χ0v) is 14.0. The minimum absolute atomic E-state index is 0.347. The molecule has 0 amide bonds. The van der Waals surface area contributed by atoms with Crippen LogP contribution in [-0.4, -0.2) is 40.7 Å². The number of ether oxygens (including phenoxy) is 2. The van der Waals surface area contributed by atoms with E-state index in [4.69, 9.17) is 9.47 Å². The van der Waals surface area contributed by atoms with Gasteiger partial charge in [0.1, 0.15) is 12.4 Å². The van der Waals surface area contributed by atoms with Gasteiger partial charge in [-0.3, -0.25) is 4.90 Å². The van der Waals surface area contributed by atoms with E-state index in [-0.39, 0.29) is 0 Å². The Hall–Kier alpha value is -2.11. The van der Waals surface area contributed by atoms with Crippen molar-refractivity contribution in [3.8, 4) is 5.75 Å². The van der Waals surface area contributed by atoms with Crippen molar-refractivity contribution in [1.82, 2.24) is 14.9 Å². The van der Waals surface area contributed by atoms with E-state index in [0.29, 0.717) is 19.3 Å². The van der Waals surface area contributed by atoms with Crippen molar-refractivity contribution in [3.05, 3.63) is 60.7 Å². The highest BCUT2D eigenvalue weighted by atomic mass is 16.5. The van der Waals surface area contributed by atoms with Crippen molar-refractivity contribution < 1.29 is 9.47 Å². The van der Waals surface area contributed by atoms with Gasteiger partial charge in [-0.1, -0.05) is 24.8 Å². The largest absolute Gasteiger partial charge is 0.490 e. The Balaban J connectivity index is 1.39. The molecule has 1 N–H and O–H groups in total.